The first-order valence-corrected chi connectivity index (χ1v) is 5.49. The van der Waals surface area contributed by atoms with E-state index in [2.05, 4.69) is 10.3 Å². The van der Waals surface area contributed by atoms with Crippen LogP contribution in [0.4, 0.5) is 5.82 Å². The Balaban J connectivity index is 3.32. The first-order chi connectivity index (χ1) is 6.50. The average molecular weight is 215 g/mol. The molecule has 1 heterocycles. The Labute approximate surface area is 83.8 Å². The monoisotopic (exact) mass is 215 g/mol. The largest absolute Gasteiger partial charge is 0.372 e. The minimum atomic E-state index is -3.41. The molecule has 0 unspecified atom stereocenters. The fourth-order valence-corrected chi connectivity index (χ4v) is 2.03. The minimum Gasteiger partial charge on any atom is -0.372 e. The molecule has 0 aliphatic heterocycles. The molecule has 1 aromatic rings. The van der Waals surface area contributed by atoms with Crippen molar-refractivity contribution < 1.29 is 8.42 Å². The second-order valence-corrected chi connectivity index (χ2v) is 5.01. The van der Waals surface area contributed by atoms with Crippen LogP contribution in [-0.4, -0.2) is 38.9 Å². The summed E-state index contributed by atoms with van der Waals surface area (Å²) in [7, 11) is 1.20. The SMILES string of the molecule is CNc1ncccc1S(=O)(=O)N(C)C. The van der Waals surface area contributed by atoms with Crippen molar-refractivity contribution in [3.05, 3.63) is 18.3 Å². The Bertz CT molecular complexity index is 414. The number of pyridine rings is 1. The fourth-order valence-electron chi connectivity index (χ4n) is 0.983. The molecule has 0 fully saturated rings. The van der Waals surface area contributed by atoms with Crippen molar-refractivity contribution >= 4 is 15.8 Å². The van der Waals surface area contributed by atoms with E-state index < -0.39 is 10.0 Å². The van der Waals surface area contributed by atoms with Gasteiger partial charge in [-0.3, -0.25) is 0 Å². The van der Waals surface area contributed by atoms with Gasteiger partial charge in [-0.1, -0.05) is 0 Å². The van der Waals surface area contributed by atoms with Gasteiger partial charge in [0.05, 0.1) is 0 Å². The van der Waals surface area contributed by atoms with Crippen molar-refractivity contribution in [2.24, 2.45) is 0 Å². The van der Waals surface area contributed by atoms with Crippen LogP contribution in [0.5, 0.6) is 0 Å². The zero-order valence-corrected chi connectivity index (χ0v) is 9.17. The number of hydrogen-bond donors (Lipinski definition) is 1. The lowest BCUT2D eigenvalue weighted by Gasteiger charge is -2.13. The summed E-state index contributed by atoms with van der Waals surface area (Å²) in [5, 5.41) is 2.74. The second kappa shape index (κ2) is 3.93. The molecule has 0 amide bonds. The van der Waals surface area contributed by atoms with Gasteiger partial charge in [-0.2, -0.15) is 0 Å². The third kappa shape index (κ3) is 1.85. The number of nitrogens with one attached hydrogen (secondary N) is 1. The third-order valence-corrected chi connectivity index (χ3v) is 3.61. The van der Waals surface area contributed by atoms with E-state index in [0.717, 1.165) is 4.31 Å². The first-order valence-electron chi connectivity index (χ1n) is 4.05. The maximum atomic E-state index is 11.8. The Morgan fingerprint density at radius 2 is 2.07 bits per heavy atom. The Hall–Kier alpha value is -1.14. The zero-order valence-electron chi connectivity index (χ0n) is 8.35. The summed E-state index contributed by atoms with van der Waals surface area (Å²) in [6.45, 7) is 0. The Morgan fingerprint density at radius 3 is 2.57 bits per heavy atom. The minimum absolute atomic E-state index is 0.188. The van der Waals surface area contributed by atoms with E-state index in [1.165, 1.54) is 20.2 Å². The number of aromatic nitrogens is 1. The van der Waals surface area contributed by atoms with E-state index >= 15 is 0 Å². The Kier molecular flexibility index (Phi) is 3.07. The predicted octanol–water partition coefficient (Wildman–Crippen LogP) is 0.374. The number of anilines is 1. The van der Waals surface area contributed by atoms with Crippen molar-refractivity contribution in [1.29, 1.82) is 0 Å². The van der Waals surface area contributed by atoms with Crippen molar-refractivity contribution in [3.8, 4) is 0 Å². The standard InChI is InChI=1S/C8H13N3O2S/c1-9-8-7(5-4-6-10-8)14(12,13)11(2)3/h4-6H,1-3H3,(H,9,10). The van der Waals surface area contributed by atoms with E-state index in [4.69, 9.17) is 0 Å². The van der Waals surface area contributed by atoms with Gasteiger partial charge in [0.1, 0.15) is 10.7 Å². The van der Waals surface area contributed by atoms with Crippen LogP contribution in [0.3, 0.4) is 0 Å². The quantitative estimate of drug-likeness (QED) is 0.791. The van der Waals surface area contributed by atoms with Gasteiger partial charge in [-0.25, -0.2) is 17.7 Å². The normalized spacial score (nSPS) is 11.7. The van der Waals surface area contributed by atoms with Gasteiger partial charge >= 0.3 is 0 Å². The highest BCUT2D eigenvalue weighted by Gasteiger charge is 2.20. The molecule has 1 N–H and O–H groups in total. The van der Waals surface area contributed by atoms with Crippen LogP contribution in [0.1, 0.15) is 0 Å². The summed E-state index contributed by atoms with van der Waals surface area (Å²) in [5.41, 5.74) is 0. The maximum Gasteiger partial charge on any atom is 0.246 e. The smallest absolute Gasteiger partial charge is 0.246 e. The van der Waals surface area contributed by atoms with Gasteiger partial charge in [-0.05, 0) is 12.1 Å². The molecule has 78 valence electrons. The third-order valence-electron chi connectivity index (χ3n) is 1.77. The number of sulfonamides is 1. The average Bonchev–Trinajstić information content (AvgIpc) is 2.17. The number of hydrogen-bond acceptors (Lipinski definition) is 4. The highest BCUT2D eigenvalue weighted by molar-refractivity contribution is 7.89. The van der Waals surface area contributed by atoms with Gasteiger partial charge in [0.2, 0.25) is 10.0 Å². The summed E-state index contributed by atoms with van der Waals surface area (Å²) in [6.07, 6.45) is 1.54. The van der Waals surface area contributed by atoms with Crippen LogP contribution in [0.25, 0.3) is 0 Å². The molecule has 0 saturated heterocycles. The maximum absolute atomic E-state index is 11.8. The summed E-state index contributed by atoms with van der Waals surface area (Å²) in [6, 6.07) is 3.12. The lowest BCUT2D eigenvalue weighted by molar-refractivity contribution is 0.521. The zero-order chi connectivity index (χ0) is 10.8. The van der Waals surface area contributed by atoms with Gasteiger partial charge < -0.3 is 5.32 Å². The van der Waals surface area contributed by atoms with Crippen molar-refractivity contribution in [2.45, 2.75) is 4.90 Å². The molecule has 14 heavy (non-hydrogen) atoms. The van der Waals surface area contributed by atoms with Gasteiger partial charge in [-0.15, -0.1) is 0 Å². The van der Waals surface area contributed by atoms with Gasteiger partial charge in [0.25, 0.3) is 0 Å². The van der Waals surface area contributed by atoms with Crippen molar-refractivity contribution in [3.63, 3.8) is 0 Å². The molecule has 0 radical (unpaired) electrons. The van der Waals surface area contributed by atoms with E-state index in [0.29, 0.717) is 5.82 Å². The summed E-state index contributed by atoms with van der Waals surface area (Å²) in [5.74, 6) is 0.362. The van der Waals surface area contributed by atoms with Crippen LogP contribution < -0.4 is 5.32 Å². The van der Waals surface area contributed by atoms with E-state index in [1.807, 2.05) is 0 Å². The van der Waals surface area contributed by atoms with E-state index in [-0.39, 0.29) is 4.90 Å². The van der Waals surface area contributed by atoms with E-state index in [1.54, 1.807) is 19.3 Å². The molecule has 0 aliphatic rings. The van der Waals surface area contributed by atoms with Crippen molar-refractivity contribution in [2.75, 3.05) is 26.5 Å². The highest BCUT2D eigenvalue weighted by atomic mass is 32.2. The molecule has 0 bridgehead atoms. The summed E-state index contributed by atoms with van der Waals surface area (Å²) in [4.78, 5) is 4.12. The van der Waals surface area contributed by atoms with Crippen LogP contribution >= 0.6 is 0 Å². The molecule has 0 aliphatic carbocycles. The topological polar surface area (TPSA) is 62.3 Å². The molecule has 6 heteroatoms. The molecular weight excluding hydrogens is 202 g/mol. The Morgan fingerprint density at radius 1 is 1.43 bits per heavy atom. The van der Waals surface area contributed by atoms with Crippen molar-refractivity contribution in [1.82, 2.24) is 9.29 Å². The molecule has 0 atom stereocenters. The number of nitrogens with zero attached hydrogens (tertiary/aromatic N) is 2. The summed E-state index contributed by atoms with van der Waals surface area (Å²) >= 11 is 0. The van der Waals surface area contributed by atoms with E-state index in [9.17, 15) is 8.42 Å². The molecule has 5 nitrogen and oxygen atoms in total. The predicted molar refractivity (Wildman–Crippen MR) is 54.7 cm³/mol. The lowest BCUT2D eigenvalue weighted by Crippen LogP contribution is -2.23. The highest BCUT2D eigenvalue weighted by Crippen LogP contribution is 2.19. The van der Waals surface area contributed by atoms with Crippen LogP contribution in [0, 0.1) is 0 Å². The van der Waals surface area contributed by atoms with Gasteiger partial charge in [0, 0.05) is 27.3 Å². The van der Waals surface area contributed by atoms with Crippen LogP contribution in [0.2, 0.25) is 0 Å². The number of rotatable bonds is 3. The lowest BCUT2D eigenvalue weighted by atomic mass is 10.5. The van der Waals surface area contributed by atoms with Crippen LogP contribution in [0.15, 0.2) is 23.2 Å². The molecule has 0 spiro atoms. The molecule has 0 aromatic carbocycles. The molecule has 1 rings (SSSR count). The molecule has 1 aromatic heterocycles. The summed E-state index contributed by atoms with van der Waals surface area (Å²) < 4.78 is 24.7. The molecular formula is C8H13N3O2S. The fraction of sp³-hybridized carbons (Fsp3) is 0.375. The second-order valence-electron chi connectivity index (χ2n) is 2.89. The van der Waals surface area contributed by atoms with Gasteiger partial charge in [0.15, 0.2) is 0 Å². The molecule has 0 saturated carbocycles. The first kappa shape index (κ1) is 10.9. The van der Waals surface area contributed by atoms with Crippen LogP contribution in [-0.2, 0) is 10.0 Å².